The van der Waals surface area contributed by atoms with Crippen LogP contribution in [0.1, 0.15) is 31.2 Å². The molecule has 0 N–H and O–H groups in total. The molecule has 106 valence electrons. The largest absolute Gasteiger partial charge is 0.488 e. The third-order valence-corrected chi connectivity index (χ3v) is 5.46. The minimum atomic E-state index is -0.306. The van der Waals surface area contributed by atoms with Gasteiger partial charge in [0.1, 0.15) is 11.9 Å². The van der Waals surface area contributed by atoms with Crippen molar-refractivity contribution in [3.8, 4) is 5.75 Å². The molecule has 2 heterocycles. The lowest BCUT2D eigenvalue weighted by molar-refractivity contribution is -0.385. The standard InChI is InChI=1S/C15H18N2O3/c1-16-8-7-15-6-2-3-12(16)14(15)20-13-5-4-10(17(18)19)9-11(13)15/h4-5,9,12,14H,2-3,6-8H2,1H3/t12-,14+,15-/m1/s1. The first kappa shape index (κ1) is 12.1. The molecule has 2 fully saturated rings. The van der Waals surface area contributed by atoms with Crippen LogP contribution in [-0.4, -0.2) is 35.6 Å². The maximum atomic E-state index is 11.0. The van der Waals surface area contributed by atoms with E-state index in [1.807, 2.05) is 0 Å². The van der Waals surface area contributed by atoms with Crippen LogP contribution in [0, 0.1) is 10.1 Å². The molecule has 0 unspecified atom stereocenters. The van der Waals surface area contributed by atoms with Crippen molar-refractivity contribution in [2.75, 3.05) is 13.6 Å². The highest BCUT2D eigenvalue weighted by atomic mass is 16.6. The monoisotopic (exact) mass is 274 g/mol. The fourth-order valence-corrected chi connectivity index (χ4v) is 4.42. The average Bonchev–Trinajstić information content (AvgIpc) is 2.78. The first-order valence-electron chi connectivity index (χ1n) is 7.28. The van der Waals surface area contributed by atoms with E-state index < -0.39 is 0 Å². The van der Waals surface area contributed by atoms with Crippen LogP contribution >= 0.6 is 0 Å². The van der Waals surface area contributed by atoms with E-state index in [0.717, 1.165) is 30.7 Å². The SMILES string of the molecule is CN1CC[C@@]23CCC[C@@H]1[C@@H]2Oc1ccc([N+](=O)[O-])cc13. The van der Waals surface area contributed by atoms with Gasteiger partial charge < -0.3 is 4.74 Å². The number of hydrogen-bond acceptors (Lipinski definition) is 4. The summed E-state index contributed by atoms with van der Waals surface area (Å²) in [4.78, 5) is 13.1. The smallest absolute Gasteiger partial charge is 0.269 e. The summed E-state index contributed by atoms with van der Waals surface area (Å²) in [5, 5.41) is 11.0. The number of piperidine rings is 1. The van der Waals surface area contributed by atoms with Crippen LogP contribution in [0.4, 0.5) is 5.69 Å². The second kappa shape index (κ2) is 3.95. The molecular weight excluding hydrogens is 256 g/mol. The minimum absolute atomic E-state index is 0.0107. The van der Waals surface area contributed by atoms with Gasteiger partial charge in [-0.25, -0.2) is 0 Å². The number of likely N-dealkylation sites (N-methyl/N-ethyl adjacent to an activating group) is 1. The average molecular weight is 274 g/mol. The Morgan fingerprint density at radius 1 is 1.45 bits per heavy atom. The number of benzene rings is 1. The van der Waals surface area contributed by atoms with E-state index in [-0.39, 0.29) is 22.1 Å². The normalized spacial score (nSPS) is 35.0. The number of nitro benzene ring substituents is 1. The van der Waals surface area contributed by atoms with Crippen molar-refractivity contribution in [2.45, 2.75) is 43.2 Å². The Morgan fingerprint density at radius 3 is 3.10 bits per heavy atom. The fourth-order valence-electron chi connectivity index (χ4n) is 4.42. The Bertz CT molecular complexity index is 588. The summed E-state index contributed by atoms with van der Waals surface area (Å²) in [7, 11) is 2.16. The molecule has 1 saturated carbocycles. The van der Waals surface area contributed by atoms with Gasteiger partial charge in [0, 0.05) is 29.2 Å². The van der Waals surface area contributed by atoms with Crippen LogP contribution in [0.3, 0.4) is 0 Å². The maximum absolute atomic E-state index is 11.0. The Morgan fingerprint density at radius 2 is 2.30 bits per heavy atom. The Kier molecular flexibility index (Phi) is 2.40. The molecule has 0 radical (unpaired) electrons. The van der Waals surface area contributed by atoms with Crippen molar-refractivity contribution < 1.29 is 9.66 Å². The summed E-state index contributed by atoms with van der Waals surface area (Å²) in [5.74, 6) is 0.864. The van der Waals surface area contributed by atoms with Gasteiger partial charge in [-0.3, -0.25) is 15.0 Å². The summed E-state index contributed by atoms with van der Waals surface area (Å²) < 4.78 is 6.21. The lowest BCUT2D eigenvalue weighted by atomic mass is 9.62. The van der Waals surface area contributed by atoms with Crippen molar-refractivity contribution in [1.82, 2.24) is 4.90 Å². The van der Waals surface area contributed by atoms with Crippen molar-refractivity contribution >= 4 is 5.69 Å². The summed E-state index contributed by atoms with van der Waals surface area (Å²) in [6, 6.07) is 5.54. The number of likely N-dealkylation sites (tertiary alicyclic amines) is 1. The number of fused-ring (bicyclic) bond motifs is 1. The van der Waals surface area contributed by atoms with Crippen LogP contribution in [0.25, 0.3) is 0 Å². The zero-order valence-corrected chi connectivity index (χ0v) is 11.5. The van der Waals surface area contributed by atoms with Crippen LogP contribution in [0.2, 0.25) is 0 Å². The predicted molar refractivity (Wildman–Crippen MR) is 74.1 cm³/mol. The molecule has 5 heteroatoms. The molecule has 3 aliphatic rings. The molecule has 5 nitrogen and oxygen atoms in total. The van der Waals surface area contributed by atoms with E-state index in [9.17, 15) is 10.1 Å². The molecule has 1 aromatic rings. The van der Waals surface area contributed by atoms with E-state index in [4.69, 9.17) is 4.74 Å². The number of non-ortho nitro benzene ring substituents is 1. The lowest BCUT2D eigenvalue weighted by Gasteiger charge is -2.51. The van der Waals surface area contributed by atoms with Gasteiger partial charge in [0.05, 0.1) is 4.92 Å². The van der Waals surface area contributed by atoms with E-state index in [1.165, 1.54) is 12.8 Å². The quantitative estimate of drug-likeness (QED) is 0.583. The summed E-state index contributed by atoms with van der Waals surface area (Å²) in [6.07, 6.45) is 4.65. The Labute approximate surface area is 117 Å². The molecule has 3 atom stereocenters. The molecule has 4 rings (SSSR count). The molecule has 2 aliphatic heterocycles. The molecule has 0 amide bonds. The lowest BCUT2D eigenvalue weighted by Crippen LogP contribution is -2.60. The summed E-state index contributed by atoms with van der Waals surface area (Å²) >= 11 is 0. The second-order valence-electron chi connectivity index (χ2n) is 6.32. The predicted octanol–water partition coefficient (Wildman–Crippen LogP) is 2.48. The van der Waals surface area contributed by atoms with Gasteiger partial charge in [-0.1, -0.05) is 6.42 Å². The number of ether oxygens (including phenoxy) is 1. The highest BCUT2D eigenvalue weighted by Crippen LogP contribution is 2.55. The number of hydrogen-bond donors (Lipinski definition) is 0. The Hall–Kier alpha value is -1.62. The van der Waals surface area contributed by atoms with E-state index in [1.54, 1.807) is 18.2 Å². The van der Waals surface area contributed by atoms with E-state index in [0.29, 0.717) is 6.04 Å². The van der Waals surface area contributed by atoms with Crippen molar-refractivity contribution in [3.63, 3.8) is 0 Å². The molecule has 0 spiro atoms. The van der Waals surface area contributed by atoms with Gasteiger partial charge >= 0.3 is 0 Å². The molecule has 2 bridgehead atoms. The number of nitrogens with zero attached hydrogens (tertiary/aromatic N) is 2. The van der Waals surface area contributed by atoms with Crippen molar-refractivity contribution in [1.29, 1.82) is 0 Å². The topological polar surface area (TPSA) is 55.6 Å². The third-order valence-electron chi connectivity index (χ3n) is 5.46. The van der Waals surface area contributed by atoms with Gasteiger partial charge in [-0.15, -0.1) is 0 Å². The van der Waals surface area contributed by atoms with E-state index >= 15 is 0 Å². The van der Waals surface area contributed by atoms with Gasteiger partial charge in [0.15, 0.2) is 0 Å². The van der Waals surface area contributed by atoms with Gasteiger partial charge in [0.2, 0.25) is 0 Å². The Balaban J connectivity index is 1.84. The highest BCUT2D eigenvalue weighted by Gasteiger charge is 2.57. The zero-order chi connectivity index (χ0) is 13.9. The van der Waals surface area contributed by atoms with Crippen LogP contribution in [0.15, 0.2) is 18.2 Å². The van der Waals surface area contributed by atoms with Gasteiger partial charge in [-0.2, -0.15) is 0 Å². The fraction of sp³-hybridized carbons (Fsp3) is 0.600. The van der Waals surface area contributed by atoms with Gasteiger partial charge in [-0.05, 0) is 38.9 Å². The summed E-state index contributed by atoms with van der Waals surface area (Å²) in [5.41, 5.74) is 1.27. The van der Waals surface area contributed by atoms with Crippen LogP contribution in [0.5, 0.6) is 5.75 Å². The molecule has 1 aliphatic carbocycles. The maximum Gasteiger partial charge on any atom is 0.269 e. The molecule has 20 heavy (non-hydrogen) atoms. The molecule has 1 aromatic carbocycles. The van der Waals surface area contributed by atoms with Crippen LogP contribution < -0.4 is 4.74 Å². The summed E-state index contributed by atoms with van der Waals surface area (Å²) in [6.45, 7) is 1.05. The molecule has 0 aromatic heterocycles. The molecule has 1 saturated heterocycles. The van der Waals surface area contributed by atoms with Crippen molar-refractivity contribution in [3.05, 3.63) is 33.9 Å². The van der Waals surface area contributed by atoms with Gasteiger partial charge in [0.25, 0.3) is 5.69 Å². The second-order valence-corrected chi connectivity index (χ2v) is 6.32. The first-order valence-corrected chi connectivity index (χ1v) is 7.28. The number of rotatable bonds is 1. The van der Waals surface area contributed by atoms with E-state index in [2.05, 4.69) is 11.9 Å². The number of nitro groups is 1. The first-order chi connectivity index (χ1) is 9.62. The third kappa shape index (κ3) is 1.41. The zero-order valence-electron chi connectivity index (χ0n) is 11.5. The molecular formula is C15H18N2O3. The van der Waals surface area contributed by atoms with Crippen molar-refractivity contribution in [2.24, 2.45) is 0 Å². The highest BCUT2D eigenvalue weighted by molar-refractivity contribution is 5.52. The minimum Gasteiger partial charge on any atom is -0.488 e. The van der Waals surface area contributed by atoms with Crippen LogP contribution in [-0.2, 0) is 5.41 Å².